The van der Waals surface area contributed by atoms with Crippen LogP contribution >= 0.6 is 0 Å². The van der Waals surface area contributed by atoms with Crippen molar-refractivity contribution in [2.45, 2.75) is 52.7 Å². The first kappa shape index (κ1) is 35.9. The molecule has 266 valence electrons. The lowest BCUT2D eigenvalue weighted by atomic mass is 10.0. The first-order valence-electron chi connectivity index (χ1n) is 15.9. The van der Waals surface area contributed by atoms with Crippen LogP contribution in [0.1, 0.15) is 50.0 Å². The highest BCUT2D eigenvalue weighted by Gasteiger charge is 2.28. The van der Waals surface area contributed by atoms with Gasteiger partial charge in [0.15, 0.2) is 23.0 Å². The van der Waals surface area contributed by atoms with Crippen molar-refractivity contribution >= 4 is 35.1 Å². The molecule has 16 heteroatoms. The molecule has 3 amide bonds. The summed E-state index contributed by atoms with van der Waals surface area (Å²) in [5.74, 6) is -4.03. The predicted molar refractivity (Wildman–Crippen MR) is 175 cm³/mol. The van der Waals surface area contributed by atoms with Crippen molar-refractivity contribution in [3.05, 3.63) is 71.7 Å². The van der Waals surface area contributed by atoms with E-state index >= 15 is 0 Å². The summed E-state index contributed by atoms with van der Waals surface area (Å²) < 4.78 is 65.3. The lowest BCUT2D eigenvalue weighted by molar-refractivity contribution is -0.132. The van der Waals surface area contributed by atoms with E-state index in [9.17, 15) is 31.9 Å². The second-order valence-electron chi connectivity index (χ2n) is 12.4. The smallest absolute Gasteiger partial charge is 0.410 e. The number of nitrogens with one attached hydrogen (secondary N) is 2. The van der Waals surface area contributed by atoms with Gasteiger partial charge in [0.1, 0.15) is 5.60 Å². The van der Waals surface area contributed by atoms with E-state index < -0.39 is 35.7 Å². The minimum atomic E-state index is -3.31. The number of anilines is 2. The number of alkyl halides is 2. The van der Waals surface area contributed by atoms with Gasteiger partial charge in [-0.15, -0.1) is 0 Å². The number of aryl methyl sites for hydroxylation is 1. The highest BCUT2D eigenvalue weighted by Crippen LogP contribution is 2.32. The third-order valence-corrected chi connectivity index (χ3v) is 7.87. The van der Waals surface area contributed by atoms with Gasteiger partial charge in [-0.2, -0.15) is 13.2 Å². The number of carbonyl (C=O) groups is 3. The molecule has 4 aromatic rings. The van der Waals surface area contributed by atoms with Crippen molar-refractivity contribution < 1.29 is 41.4 Å². The van der Waals surface area contributed by atoms with E-state index in [1.165, 1.54) is 23.0 Å². The third-order valence-electron chi connectivity index (χ3n) is 7.87. The van der Waals surface area contributed by atoms with Crippen LogP contribution in [0.5, 0.6) is 5.75 Å². The Balaban J connectivity index is 1.20. The summed E-state index contributed by atoms with van der Waals surface area (Å²) in [5.41, 5.74) is 1.32. The molecule has 1 aliphatic rings. The zero-order chi connectivity index (χ0) is 36.2. The van der Waals surface area contributed by atoms with Crippen molar-refractivity contribution in [1.82, 2.24) is 29.5 Å². The molecular weight excluding hydrogens is 662 g/mol. The number of amides is 3. The van der Waals surface area contributed by atoms with Crippen molar-refractivity contribution in [2.24, 2.45) is 0 Å². The van der Waals surface area contributed by atoms with Gasteiger partial charge < -0.3 is 29.9 Å². The number of rotatable bonds is 10. The zero-order valence-corrected chi connectivity index (χ0v) is 27.9. The van der Waals surface area contributed by atoms with Gasteiger partial charge in [0.05, 0.1) is 11.9 Å². The molecular formula is C34H37F4N7O5. The molecule has 3 heterocycles. The van der Waals surface area contributed by atoms with E-state index in [4.69, 9.17) is 4.74 Å². The van der Waals surface area contributed by atoms with Crippen molar-refractivity contribution in [1.29, 1.82) is 0 Å². The van der Waals surface area contributed by atoms with Crippen LogP contribution in [0.2, 0.25) is 0 Å². The molecule has 1 fully saturated rings. The van der Waals surface area contributed by atoms with Gasteiger partial charge in [0.2, 0.25) is 11.7 Å². The summed E-state index contributed by atoms with van der Waals surface area (Å²) in [4.78, 5) is 50.0. The Morgan fingerprint density at radius 1 is 0.980 bits per heavy atom. The number of benzene rings is 2. The monoisotopic (exact) mass is 699 g/mol. The summed E-state index contributed by atoms with van der Waals surface area (Å²) in [5, 5.41) is 5.95. The average molecular weight is 700 g/mol. The summed E-state index contributed by atoms with van der Waals surface area (Å²) >= 11 is 0. The summed E-state index contributed by atoms with van der Waals surface area (Å²) in [6.45, 7) is 5.59. The Kier molecular flexibility index (Phi) is 10.8. The Bertz CT molecular complexity index is 1890. The fraction of sp³-hybridized carbons (Fsp3) is 0.382. The molecule has 1 aliphatic heterocycles. The average Bonchev–Trinajstić information content (AvgIpc) is 3.51. The molecule has 12 nitrogen and oxygen atoms in total. The van der Waals surface area contributed by atoms with Gasteiger partial charge in [-0.1, -0.05) is 6.92 Å². The fourth-order valence-electron chi connectivity index (χ4n) is 5.45. The normalized spacial score (nSPS) is 13.5. The van der Waals surface area contributed by atoms with Crippen LogP contribution in [0.15, 0.2) is 48.9 Å². The first-order valence-corrected chi connectivity index (χ1v) is 15.9. The van der Waals surface area contributed by atoms with Gasteiger partial charge in [-0.25, -0.2) is 19.2 Å². The van der Waals surface area contributed by atoms with Gasteiger partial charge in [0, 0.05) is 68.4 Å². The largest absolute Gasteiger partial charge is 0.444 e. The van der Waals surface area contributed by atoms with Crippen molar-refractivity contribution in [2.75, 3.05) is 38.0 Å². The second kappa shape index (κ2) is 15.0. The molecule has 2 aromatic carbocycles. The number of imidazole rings is 1. The Morgan fingerprint density at radius 3 is 2.38 bits per heavy atom. The van der Waals surface area contributed by atoms with Gasteiger partial charge >= 0.3 is 12.7 Å². The van der Waals surface area contributed by atoms with Gasteiger partial charge in [0.25, 0.3) is 5.91 Å². The van der Waals surface area contributed by atoms with Crippen LogP contribution in [0.3, 0.4) is 0 Å². The highest BCUT2D eigenvalue weighted by molar-refractivity contribution is 5.96. The number of ether oxygens (including phenoxy) is 2. The lowest BCUT2D eigenvalue weighted by Gasteiger charge is -2.35. The number of nitrogens with zero attached hydrogens (tertiary/aromatic N) is 5. The van der Waals surface area contributed by atoms with Crippen LogP contribution < -0.4 is 15.4 Å². The van der Waals surface area contributed by atoms with Crippen molar-refractivity contribution in [3.8, 4) is 17.0 Å². The maximum Gasteiger partial charge on any atom is 0.410 e. The Hall–Kier alpha value is -5.41. The molecule has 0 aliphatic carbocycles. The van der Waals surface area contributed by atoms with E-state index in [2.05, 4.69) is 25.3 Å². The van der Waals surface area contributed by atoms with Crippen LogP contribution in [-0.4, -0.2) is 87.0 Å². The zero-order valence-electron chi connectivity index (χ0n) is 27.9. The molecule has 0 radical (unpaired) electrons. The topological polar surface area (TPSA) is 130 Å². The van der Waals surface area contributed by atoms with Crippen LogP contribution in [0.25, 0.3) is 16.9 Å². The molecule has 0 spiro atoms. The molecule has 0 saturated carbocycles. The van der Waals surface area contributed by atoms with E-state index in [1.54, 1.807) is 48.8 Å². The van der Waals surface area contributed by atoms with E-state index in [0.717, 1.165) is 17.7 Å². The maximum absolute atomic E-state index is 14.9. The number of hydrogen-bond acceptors (Lipinski definition) is 8. The quantitative estimate of drug-likeness (QED) is 0.199. The number of hydrogen-bond donors (Lipinski definition) is 2. The summed E-state index contributed by atoms with van der Waals surface area (Å²) in [6.07, 6.45) is 4.42. The predicted octanol–water partition coefficient (Wildman–Crippen LogP) is 5.78. The summed E-state index contributed by atoms with van der Waals surface area (Å²) in [7, 11) is 0. The minimum Gasteiger partial charge on any atom is -0.444 e. The van der Waals surface area contributed by atoms with Gasteiger partial charge in [-0.3, -0.25) is 14.0 Å². The standard InChI is InChI=1S/C34H37F4N7O5/c1-5-20-18-21(6-7-22(20)31(47)40-11-10-26(46)43-14-16-44(17-15-43)33(48)50-34(2,3)4)42-29-30-41-19-24(45(30)13-12-39-29)23-8-9-25(49-32(37)38)28(36)27(23)35/h6-9,12-13,18-19,32H,5,10-11,14-17H2,1-4H3,(H,39,42)(H,40,47). The molecule has 50 heavy (non-hydrogen) atoms. The molecule has 1 saturated heterocycles. The highest BCUT2D eigenvalue weighted by atomic mass is 19.3. The minimum absolute atomic E-state index is 0.103. The maximum atomic E-state index is 14.9. The van der Waals surface area contributed by atoms with E-state index in [-0.39, 0.29) is 47.5 Å². The van der Waals surface area contributed by atoms with Crippen LogP contribution in [0, 0.1) is 11.6 Å². The van der Waals surface area contributed by atoms with Crippen molar-refractivity contribution in [3.63, 3.8) is 0 Å². The number of piperazine rings is 1. The summed E-state index contributed by atoms with van der Waals surface area (Å²) in [6, 6.07) is 7.13. The Morgan fingerprint density at radius 2 is 1.70 bits per heavy atom. The number of aromatic nitrogens is 3. The number of carbonyl (C=O) groups excluding carboxylic acids is 3. The molecule has 0 bridgehead atoms. The second-order valence-corrected chi connectivity index (χ2v) is 12.4. The molecule has 0 atom stereocenters. The Labute approximate surface area is 285 Å². The third kappa shape index (κ3) is 8.23. The van der Waals surface area contributed by atoms with E-state index in [0.29, 0.717) is 43.9 Å². The van der Waals surface area contributed by atoms with Crippen LogP contribution in [-0.2, 0) is 16.0 Å². The molecule has 0 unspecified atom stereocenters. The molecule has 2 N–H and O–H groups in total. The number of halogens is 4. The van der Waals surface area contributed by atoms with E-state index in [1.807, 2.05) is 6.92 Å². The molecule has 5 rings (SSSR count). The van der Waals surface area contributed by atoms with Crippen LogP contribution in [0.4, 0.5) is 33.9 Å². The fourth-order valence-corrected chi connectivity index (χ4v) is 5.45. The molecule has 2 aromatic heterocycles. The first-order chi connectivity index (χ1) is 23.8. The lowest BCUT2D eigenvalue weighted by Crippen LogP contribution is -2.52. The van der Waals surface area contributed by atoms with Gasteiger partial charge in [-0.05, 0) is 63.1 Å². The SMILES string of the molecule is CCc1cc(Nc2nccn3c(-c4ccc(OC(F)F)c(F)c4F)cnc23)ccc1C(=O)NCCC(=O)N1CCN(C(=O)OC(C)(C)C)CC1. The number of fused-ring (bicyclic) bond motifs is 1.